The standard InChI is InChI=1S/C16H14ClF3N6O/c17-14-13(9-23-26(15(14)27)10-16(18,19)20)25-6-4-24(5-7-25)12-2-1-3-22-11(12)8-21/h1-3,9H,4-7,10H2. The normalized spacial score (nSPS) is 14.9. The minimum Gasteiger partial charge on any atom is -0.366 e. The monoisotopic (exact) mass is 398 g/mol. The van der Waals surface area contributed by atoms with Gasteiger partial charge >= 0.3 is 6.18 Å². The molecule has 2 aromatic rings. The number of nitriles is 1. The molecular weight excluding hydrogens is 385 g/mol. The van der Waals surface area contributed by atoms with Gasteiger partial charge in [0.05, 0.1) is 17.6 Å². The van der Waals surface area contributed by atoms with Gasteiger partial charge in [-0.3, -0.25) is 4.79 Å². The summed E-state index contributed by atoms with van der Waals surface area (Å²) in [4.78, 5) is 19.9. The number of halogens is 4. The maximum atomic E-state index is 12.5. The Morgan fingerprint density at radius 2 is 1.81 bits per heavy atom. The summed E-state index contributed by atoms with van der Waals surface area (Å²) >= 11 is 6.01. The van der Waals surface area contributed by atoms with Crippen LogP contribution in [0.25, 0.3) is 0 Å². The third-order valence-corrected chi connectivity index (χ3v) is 4.50. The van der Waals surface area contributed by atoms with Crippen molar-refractivity contribution < 1.29 is 13.2 Å². The molecule has 0 bridgehead atoms. The first-order chi connectivity index (χ1) is 12.8. The summed E-state index contributed by atoms with van der Waals surface area (Å²) < 4.78 is 37.8. The fourth-order valence-corrected chi connectivity index (χ4v) is 3.15. The first kappa shape index (κ1) is 19.0. The molecule has 0 spiro atoms. The summed E-state index contributed by atoms with van der Waals surface area (Å²) in [6, 6.07) is 5.58. The molecule has 7 nitrogen and oxygen atoms in total. The van der Waals surface area contributed by atoms with Gasteiger partial charge in [-0.1, -0.05) is 11.6 Å². The Morgan fingerprint density at radius 1 is 1.19 bits per heavy atom. The Bertz CT molecular complexity index is 931. The Morgan fingerprint density at radius 3 is 2.41 bits per heavy atom. The van der Waals surface area contributed by atoms with E-state index in [1.807, 2.05) is 11.0 Å². The van der Waals surface area contributed by atoms with E-state index in [0.717, 1.165) is 0 Å². The predicted molar refractivity (Wildman–Crippen MR) is 92.9 cm³/mol. The molecule has 0 aromatic carbocycles. The van der Waals surface area contributed by atoms with Crippen molar-refractivity contribution in [3.05, 3.63) is 45.6 Å². The van der Waals surface area contributed by atoms with Gasteiger partial charge in [-0.15, -0.1) is 0 Å². The fraction of sp³-hybridized carbons (Fsp3) is 0.375. The zero-order valence-corrected chi connectivity index (χ0v) is 14.7. The molecule has 1 saturated heterocycles. The van der Waals surface area contributed by atoms with Crippen LogP contribution < -0.4 is 15.4 Å². The number of hydrogen-bond donors (Lipinski definition) is 0. The Hall–Kier alpha value is -2.80. The van der Waals surface area contributed by atoms with E-state index < -0.39 is 18.3 Å². The highest BCUT2D eigenvalue weighted by Crippen LogP contribution is 2.26. The van der Waals surface area contributed by atoms with Crippen LogP contribution in [-0.2, 0) is 6.54 Å². The number of aromatic nitrogens is 3. The summed E-state index contributed by atoms with van der Waals surface area (Å²) in [5.74, 6) is 0. The molecule has 2 aromatic heterocycles. The molecule has 27 heavy (non-hydrogen) atoms. The van der Waals surface area contributed by atoms with Gasteiger partial charge < -0.3 is 9.80 Å². The molecule has 1 aliphatic heterocycles. The van der Waals surface area contributed by atoms with Crippen LogP contribution in [0.3, 0.4) is 0 Å². The van der Waals surface area contributed by atoms with Gasteiger partial charge in [0.1, 0.15) is 17.6 Å². The van der Waals surface area contributed by atoms with E-state index in [4.69, 9.17) is 16.9 Å². The van der Waals surface area contributed by atoms with Gasteiger partial charge in [0, 0.05) is 32.4 Å². The fourth-order valence-electron chi connectivity index (χ4n) is 2.89. The zero-order chi connectivity index (χ0) is 19.6. The molecule has 0 unspecified atom stereocenters. The lowest BCUT2D eigenvalue weighted by Crippen LogP contribution is -2.47. The smallest absolute Gasteiger partial charge is 0.366 e. The van der Waals surface area contributed by atoms with Gasteiger partial charge in [0.25, 0.3) is 5.56 Å². The van der Waals surface area contributed by atoms with Crippen molar-refractivity contribution in [1.29, 1.82) is 5.26 Å². The lowest BCUT2D eigenvalue weighted by molar-refractivity contribution is -0.143. The third kappa shape index (κ3) is 4.14. The van der Waals surface area contributed by atoms with E-state index in [1.54, 1.807) is 23.2 Å². The minimum atomic E-state index is -4.56. The van der Waals surface area contributed by atoms with E-state index in [2.05, 4.69) is 10.1 Å². The number of pyridine rings is 1. The highest BCUT2D eigenvalue weighted by Gasteiger charge is 2.30. The molecular formula is C16H14ClF3N6O. The van der Waals surface area contributed by atoms with Crippen molar-refractivity contribution in [3.8, 4) is 6.07 Å². The Labute approximate surface area is 157 Å². The molecule has 0 amide bonds. The molecule has 1 fully saturated rings. The molecule has 0 aliphatic carbocycles. The quantitative estimate of drug-likeness (QED) is 0.787. The third-order valence-electron chi connectivity index (χ3n) is 4.15. The predicted octanol–water partition coefficient (Wildman–Crippen LogP) is 2.05. The molecule has 3 rings (SSSR count). The van der Waals surface area contributed by atoms with Crippen molar-refractivity contribution in [3.63, 3.8) is 0 Å². The minimum absolute atomic E-state index is 0.290. The van der Waals surface area contributed by atoms with Crippen LogP contribution in [0.5, 0.6) is 0 Å². The number of nitrogens with zero attached hydrogens (tertiary/aromatic N) is 6. The average Bonchev–Trinajstić information content (AvgIpc) is 2.65. The van der Waals surface area contributed by atoms with Crippen LogP contribution in [0.4, 0.5) is 24.5 Å². The zero-order valence-electron chi connectivity index (χ0n) is 13.9. The van der Waals surface area contributed by atoms with Crippen LogP contribution in [0.15, 0.2) is 29.3 Å². The van der Waals surface area contributed by atoms with Crippen molar-refractivity contribution in [2.75, 3.05) is 36.0 Å². The van der Waals surface area contributed by atoms with Crippen LogP contribution >= 0.6 is 11.6 Å². The van der Waals surface area contributed by atoms with E-state index >= 15 is 0 Å². The van der Waals surface area contributed by atoms with E-state index in [1.165, 1.54) is 6.20 Å². The van der Waals surface area contributed by atoms with Gasteiger partial charge in [0.2, 0.25) is 0 Å². The van der Waals surface area contributed by atoms with Crippen LogP contribution in [0.1, 0.15) is 5.69 Å². The summed E-state index contributed by atoms with van der Waals surface area (Å²) in [5, 5.41) is 12.5. The topological polar surface area (TPSA) is 78.1 Å². The molecule has 0 radical (unpaired) electrons. The Kier molecular flexibility index (Phi) is 5.23. The molecule has 0 atom stereocenters. The number of alkyl halides is 3. The maximum absolute atomic E-state index is 12.5. The van der Waals surface area contributed by atoms with Crippen molar-refractivity contribution in [2.24, 2.45) is 0 Å². The second kappa shape index (κ2) is 7.44. The molecule has 11 heteroatoms. The van der Waals surface area contributed by atoms with Crippen molar-refractivity contribution in [2.45, 2.75) is 12.7 Å². The summed E-state index contributed by atoms with van der Waals surface area (Å²) in [7, 11) is 0. The highest BCUT2D eigenvalue weighted by atomic mass is 35.5. The summed E-state index contributed by atoms with van der Waals surface area (Å²) in [6.07, 6.45) is -1.84. The van der Waals surface area contributed by atoms with Crippen molar-refractivity contribution >= 4 is 23.0 Å². The van der Waals surface area contributed by atoms with E-state index in [9.17, 15) is 18.0 Å². The van der Waals surface area contributed by atoms with E-state index in [0.29, 0.717) is 47.9 Å². The SMILES string of the molecule is N#Cc1ncccc1N1CCN(c2cnn(CC(F)(F)F)c(=O)c2Cl)CC1. The van der Waals surface area contributed by atoms with E-state index in [-0.39, 0.29) is 5.02 Å². The van der Waals surface area contributed by atoms with Crippen LogP contribution in [-0.4, -0.2) is 47.1 Å². The van der Waals surface area contributed by atoms with Crippen LogP contribution in [0.2, 0.25) is 5.02 Å². The maximum Gasteiger partial charge on any atom is 0.408 e. The van der Waals surface area contributed by atoms with Crippen molar-refractivity contribution in [1.82, 2.24) is 14.8 Å². The second-order valence-electron chi connectivity index (χ2n) is 5.88. The van der Waals surface area contributed by atoms with Gasteiger partial charge in [-0.05, 0) is 12.1 Å². The first-order valence-electron chi connectivity index (χ1n) is 7.97. The number of piperazine rings is 1. The molecule has 142 valence electrons. The number of hydrogen-bond acceptors (Lipinski definition) is 6. The molecule has 3 heterocycles. The Balaban J connectivity index is 1.76. The average molecular weight is 399 g/mol. The van der Waals surface area contributed by atoms with Gasteiger partial charge in [0.15, 0.2) is 5.69 Å². The van der Waals surface area contributed by atoms with Gasteiger partial charge in [-0.25, -0.2) is 9.67 Å². The summed E-state index contributed by atoms with van der Waals surface area (Å²) in [6.45, 7) is 0.496. The highest BCUT2D eigenvalue weighted by molar-refractivity contribution is 6.33. The first-order valence-corrected chi connectivity index (χ1v) is 8.35. The lowest BCUT2D eigenvalue weighted by Gasteiger charge is -2.37. The summed E-state index contributed by atoms with van der Waals surface area (Å²) in [5.41, 5.74) is 0.351. The molecule has 0 saturated carbocycles. The molecule has 0 N–H and O–H groups in total. The lowest BCUT2D eigenvalue weighted by atomic mass is 10.2. The van der Waals surface area contributed by atoms with Crippen LogP contribution in [0, 0.1) is 11.3 Å². The second-order valence-corrected chi connectivity index (χ2v) is 6.26. The molecule has 1 aliphatic rings. The van der Waals surface area contributed by atoms with Gasteiger partial charge in [-0.2, -0.15) is 23.5 Å². The largest absolute Gasteiger partial charge is 0.408 e. The number of rotatable bonds is 3. The number of anilines is 2.